The molecule has 0 heterocycles. The Morgan fingerprint density at radius 2 is 2.30 bits per heavy atom. The number of hydrogen-bond donors (Lipinski definition) is 1. The second kappa shape index (κ2) is 2.64. The lowest BCUT2D eigenvalue weighted by Gasteiger charge is -2.20. The van der Waals surface area contributed by atoms with Crippen molar-refractivity contribution in [1.29, 1.82) is 0 Å². The van der Waals surface area contributed by atoms with Gasteiger partial charge in [-0.1, -0.05) is 12.8 Å². The molecule has 0 aromatic rings. The molecule has 2 atom stereocenters. The zero-order valence-corrected chi connectivity index (χ0v) is 6.65. The smallest absolute Gasteiger partial charge is 0.128 e. The highest BCUT2D eigenvalue weighted by atomic mass is 16.3. The van der Waals surface area contributed by atoms with E-state index < -0.39 is 5.60 Å². The molecule has 0 aromatic heterocycles. The molecule has 56 valence electrons. The van der Waals surface area contributed by atoms with Crippen molar-refractivity contribution in [2.24, 2.45) is 5.92 Å². The molecule has 0 spiro atoms. The van der Waals surface area contributed by atoms with Crippen LogP contribution in [0, 0.1) is 17.8 Å². The van der Waals surface area contributed by atoms with Crippen LogP contribution in [-0.4, -0.2) is 10.7 Å². The third-order valence-corrected chi connectivity index (χ3v) is 2.35. The molecule has 1 N–H and O–H groups in total. The molecule has 0 aliphatic heterocycles. The van der Waals surface area contributed by atoms with Gasteiger partial charge in [-0.25, -0.2) is 0 Å². The molecule has 0 aromatic carbocycles. The lowest BCUT2D eigenvalue weighted by Crippen LogP contribution is -2.28. The van der Waals surface area contributed by atoms with Crippen LogP contribution in [0.25, 0.3) is 0 Å². The van der Waals surface area contributed by atoms with Crippen LogP contribution >= 0.6 is 0 Å². The van der Waals surface area contributed by atoms with Gasteiger partial charge in [-0.15, -0.1) is 5.92 Å². The van der Waals surface area contributed by atoms with Gasteiger partial charge >= 0.3 is 0 Å². The molecule has 0 amide bonds. The van der Waals surface area contributed by atoms with Crippen LogP contribution in [0.3, 0.4) is 0 Å². The van der Waals surface area contributed by atoms with Crippen molar-refractivity contribution in [3.8, 4) is 11.8 Å². The summed E-state index contributed by atoms with van der Waals surface area (Å²) in [6.07, 6.45) is 3.09. The van der Waals surface area contributed by atoms with E-state index in [1.54, 1.807) is 6.92 Å². The van der Waals surface area contributed by atoms with Crippen molar-refractivity contribution in [2.45, 2.75) is 38.7 Å². The van der Waals surface area contributed by atoms with Crippen molar-refractivity contribution >= 4 is 0 Å². The Bertz CT molecular complexity index is 175. The zero-order chi connectivity index (χ0) is 7.61. The molecule has 1 saturated carbocycles. The van der Waals surface area contributed by atoms with Crippen LogP contribution in [0.4, 0.5) is 0 Å². The first kappa shape index (κ1) is 7.63. The van der Waals surface area contributed by atoms with Gasteiger partial charge in [-0.3, -0.25) is 0 Å². The van der Waals surface area contributed by atoms with E-state index in [1.807, 2.05) is 0 Å². The summed E-state index contributed by atoms with van der Waals surface area (Å²) >= 11 is 0. The summed E-state index contributed by atoms with van der Waals surface area (Å²) in [7, 11) is 0. The molecule has 10 heavy (non-hydrogen) atoms. The Labute approximate surface area is 62.4 Å². The van der Waals surface area contributed by atoms with Crippen LogP contribution in [0.2, 0.25) is 0 Å². The Morgan fingerprint density at radius 1 is 1.60 bits per heavy atom. The molecular formula is C9H14O. The maximum atomic E-state index is 9.79. The van der Waals surface area contributed by atoms with Crippen molar-refractivity contribution in [3.63, 3.8) is 0 Å². The van der Waals surface area contributed by atoms with Crippen molar-refractivity contribution < 1.29 is 5.11 Å². The van der Waals surface area contributed by atoms with Crippen molar-refractivity contribution in [2.75, 3.05) is 0 Å². The van der Waals surface area contributed by atoms with Gasteiger partial charge in [0, 0.05) is 0 Å². The predicted octanol–water partition coefficient (Wildman–Crippen LogP) is 1.56. The Balaban J connectivity index is 2.72. The summed E-state index contributed by atoms with van der Waals surface area (Å²) in [6.45, 7) is 3.85. The molecule has 0 saturated heterocycles. The fraction of sp³-hybridized carbons (Fsp3) is 0.778. The summed E-state index contributed by atoms with van der Waals surface area (Å²) in [4.78, 5) is 0. The standard InChI is InChI=1S/C9H14O/c1-3-6-9(10)7-4-5-8(9)2/h8,10H,4-5,7H2,1-2H3/t8-,9-/m0/s1. The van der Waals surface area contributed by atoms with Crippen LogP contribution in [0.15, 0.2) is 0 Å². The third kappa shape index (κ3) is 1.17. The number of rotatable bonds is 0. The number of hydrogen-bond acceptors (Lipinski definition) is 1. The largest absolute Gasteiger partial charge is 0.377 e. The second-order valence-corrected chi connectivity index (χ2v) is 3.09. The molecule has 1 fully saturated rings. The lowest BCUT2D eigenvalue weighted by molar-refractivity contribution is 0.0687. The van der Waals surface area contributed by atoms with Crippen molar-refractivity contribution in [1.82, 2.24) is 0 Å². The lowest BCUT2D eigenvalue weighted by atomic mass is 9.93. The molecule has 1 heteroatoms. The highest BCUT2D eigenvalue weighted by Gasteiger charge is 2.36. The molecule has 1 nitrogen and oxygen atoms in total. The van der Waals surface area contributed by atoms with Gasteiger partial charge in [-0.05, 0) is 32.1 Å². The van der Waals surface area contributed by atoms with E-state index >= 15 is 0 Å². The summed E-state index contributed by atoms with van der Waals surface area (Å²) in [5.41, 5.74) is -0.658. The maximum absolute atomic E-state index is 9.79. The van der Waals surface area contributed by atoms with E-state index in [1.165, 1.54) is 0 Å². The van der Waals surface area contributed by atoms with E-state index in [0.717, 1.165) is 19.3 Å². The molecule has 1 aliphatic carbocycles. The summed E-state index contributed by atoms with van der Waals surface area (Å²) < 4.78 is 0. The highest BCUT2D eigenvalue weighted by Crippen LogP contribution is 2.34. The van der Waals surface area contributed by atoms with E-state index in [2.05, 4.69) is 18.8 Å². The Hall–Kier alpha value is -0.480. The van der Waals surface area contributed by atoms with Crippen LogP contribution < -0.4 is 0 Å². The minimum atomic E-state index is -0.658. The summed E-state index contributed by atoms with van der Waals surface area (Å²) in [6, 6.07) is 0. The SMILES string of the molecule is CC#C[C@]1(O)CCC[C@@H]1C. The number of aliphatic hydroxyl groups is 1. The summed E-state index contributed by atoms with van der Waals surface area (Å²) in [5.74, 6) is 6.02. The zero-order valence-electron chi connectivity index (χ0n) is 6.65. The molecular weight excluding hydrogens is 124 g/mol. The Morgan fingerprint density at radius 3 is 2.70 bits per heavy atom. The molecule has 0 radical (unpaired) electrons. The third-order valence-electron chi connectivity index (χ3n) is 2.35. The van der Waals surface area contributed by atoms with E-state index in [9.17, 15) is 5.11 Å². The van der Waals surface area contributed by atoms with E-state index in [-0.39, 0.29) is 0 Å². The quantitative estimate of drug-likeness (QED) is 0.504. The van der Waals surface area contributed by atoms with Gasteiger partial charge in [0.05, 0.1) is 0 Å². The predicted molar refractivity (Wildman–Crippen MR) is 41.4 cm³/mol. The van der Waals surface area contributed by atoms with Gasteiger partial charge < -0.3 is 5.11 Å². The van der Waals surface area contributed by atoms with Crippen LogP contribution in [0.1, 0.15) is 33.1 Å². The van der Waals surface area contributed by atoms with Gasteiger partial charge in [0.25, 0.3) is 0 Å². The van der Waals surface area contributed by atoms with Crippen LogP contribution in [0.5, 0.6) is 0 Å². The molecule has 1 aliphatic rings. The van der Waals surface area contributed by atoms with Crippen LogP contribution in [-0.2, 0) is 0 Å². The first-order valence-electron chi connectivity index (χ1n) is 3.85. The molecule has 0 unspecified atom stereocenters. The minimum Gasteiger partial charge on any atom is -0.377 e. The van der Waals surface area contributed by atoms with Gasteiger partial charge in [-0.2, -0.15) is 0 Å². The van der Waals surface area contributed by atoms with Gasteiger partial charge in [0.2, 0.25) is 0 Å². The summed E-state index contributed by atoms with van der Waals surface area (Å²) in [5, 5.41) is 9.79. The van der Waals surface area contributed by atoms with Crippen molar-refractivity contribution in [3.05, 3.63) is 0 Å². The second-order valence-electron chi connectivity index (χ2n) is 3.09. The average Bonchev–Trinajstić information content (AvgIpc) is 2.15. The van der Waals surface area contributed by atoms with E-state index in [0.29, 0.717) is 5.92 Å². The fourth-order valence-corrected chi connectivity index (χ4v) is 1.57. The first-order valence-corrected chi connectivity index (χ1v) is 3.85. The minimum absolute atomic E-state index is 0.361. The maximum Gasteiger partial charge on any atom is 0.128 e. The average molecular weight is 138 g/mol. The monoisotopic (exact) mass is 138 g/mol. The Kier molecular flexibility index (Phi) is 2.01. The van der Waals surface area contributed by atoms with Gasteiger partial charge in [0.1, 0.15) is 5.60 Å². The molecule has 0 bridgehead atoms. The van der Waals surface area contributed by atoms with E-state index in [4.69, 9.17) is 0 Å². The normalized spacial score (nSPS) is 38.9. The van der Waals surface area contributed by atoms with Gasteiger partial charge in [0.15, 0.2) is 0 Å². The highest BCUT2D eigenvalue weighted by molar-refractivity contribution is 5.16. The first-order chi connectivity index (χ1) is 4.69. The fourth-order valence-electron chi connectivity index (χ4n) is 1.57. The topological polar surface area (TPSA) is 20.2 Å². The molecule has 1 rings (SSSR count).